The zero-order valence-corrected chi connectivity index (χ0v) is 16.2. The second-order valence-electron chi connectivity index (χ2n) is 6.37. The normalized spacial score (nSPS) is 16.9. The minimum absolute atomic E-state index is 0.194. The van der Waals surface area contributed by atoms with Crippen LogP contribution >= 0.6 is 0 Å². The smallest absolute Gasteiger partial charge is 0.214 e. The van der Waals surface area contributed by atoms with Crippen LogP contribution in [0.15, 0.2) is 29.3 Å². The third kappa shape index (κ3) is 5.71. The highest BCUT2D eigenvalue weighted by Crippen LogP contribution is 2.15. The SMILES string of the molecule is CCCS(=O)(=O)N1CCC(NC(=NC)NCc2cccc(C#N)c2)CC1. The predicted molar refractivity (Wildman–Crippen MR) is 103 cm³/mol. The second-order valence-corrected chi connectivity index (χ2v) is 8.46. The molecule has 2 N–H and O–H groups in total. The molecule has 0 radical (unpaired) electrons. The van der Waals surface area contributed by atoms with Crippen LogP contribution in [-0.2, 0) is 16.6 Å². The molecule has 0 spiro atoms. The van der Waals surface area contributed by atoms with Crippen LogP contribution in [0.3, 0.4) is 0 Å². The Balaban J connectivity index is 1.83. The molecule has 7 nitrogen and oxygen atoms in total. The van der Waals surface area contributed by atoms with Crippen LogP contribution in [0.25, 0.3) is 0 Å². The molecule has 1 heterocycles. The molecule has 26 heavy (non-hydrogen) atoms. The lowest BCUT2D eigenvalue weighted by atomic mass is 10.1. The Kier molecular flexibility index (Phi) is 7.42. The van der Waals surface area contributed by atoms with Gasteiger partial charge in [0.15, 0.2) is 5.96 Å². The first-order valence-electron chi connectivity index (χ1n) is 8.92. The van der Waals surface area contributed by atoms with Gasteiger partial charge in [0.2, 0.25) is 10.0 Å². The number of guanidine groups is 1. The van der Waals surface area contributed by atoms with E-state index in [2.05, 4.69) is 21.7 Å². The standard InChI is InChI=1S/C18H27N5O2S/c1-3-11-26(24,25)23-9-7-17(8-10-23)22-18(20-2)21-14-16-6-4-5-15(12-16)13-19/h4-6,12,17H,3,7-11,14H2,1-2H3,(H2,20,21,22). The number of hydrogen-bond acceptors (Lipinski definition) is 4. The molecule has 0 aromatic heterocycles. The lowest BCUT2D eigenvalue weighted by Crippen LogP contribution is -2.49. The van der Waals surface area contributed by atoms with Gasteiger partial charge < -0.3 is 10.6 Å². The fourth-order valence-electron chi connectivity index (χ4n) is 2.99. The Hall–Kier alpha value is -2.11. The molecule has 1 fully saturated rings. The van der Waals surface area contributed by atoms with Crippen molar-refractivity contribution in [1.82, 2.24) is 14.9 Å². The molecule has 1 aliphatic heterocycles. The largest absolute Gasteiger partial charge is 0.354 e. The molecular weight excluding hydrogens is 350 g/mol. The average molecular weight is 378 g/mol. The molecule has 0 atom stereocenters. The van der Waals surface area contributed by atoms with Crippen LogP contribution in [0.2, 0.25) is 0 Å². The molecule has 1 aromatic rings. The summed E-state index contributed by atoms with van der Waals surface area (Å²) >= 11 is 0. The molecule has 0 saturated carbocycles. The maximum atomic E-state index is 12.1. The number of aliphatic imine (C=N–C) groups is 1. The van der Waals surface area contributed by atoms with Crippen LogP contribution in [0.4, 0.5) is 0 Å². The van der Waals surface area contributed by atoms with E-state index in [4.69, 9.17) is 5.26 Å². The highest BCUT2D eigenvalue weighted by atomic mass is 32.2. The number of piperidine rings is 1. The predicted octanol–water partition coefficient (Wildman–Crippen LogP) is 1.43. The lowest BCUT2D eigenvalue weighted by molar-refractivity contribution is 0.306. The van der Waals surface area contributed by atoms with E-state index >= 15 is 0 Å². The Morgan fingerprint density at radius 2 is 2.12 bits per heavy atom. The summed E-state index contributed by atoms with van der Waals surface area (Å²) in [5.41, 5.74) is 1.64. The van der Waals surface area contributed by atoms with Crippen molar-refractivity contribution in [2.75, 3.05) is 25.9 Å². The van der Waals surface area contributed by atoms with E-state index in [1.54, 1.807) is 17.4 Å². The van der Waals surface area contributed by atoms with E-state index < -0.39 is 10.0 Å². The maximum Gasteiger partial charge on any atom is 0.214 e. The van der Waals surface area contributed by atoms with Gasteiger partial charge in [-0.3, -0.25) is 4.99 Å². The molecule has 1 aromatic carbocycles. The minimum atomic E-state index is -3.11. The Morgan fingerprint density at radius 1 is 1.38 bits per heavy atom. The van der Waals surface area contributed by atoms with Gasteiger partial charge in [-0.05, 0) is 37.0 Å². The van der Waals surface area contributed by atoms with Crippen LogP contribution in [-0.4, -0.2) is 50.6 Å². The maximum absolute atomic E-state index is 12.1. The fraction of sp³-hybridized carbons (Fsp3) is 0.556. The summed E-state index contributed by atoms with van der Waals surface area (Å²) in [7, 11) is -1.40. The van der Waals surface area contributed by atoms with Crippen molar-refractivity contribution in [1.29, 1.82) is 5.26 Å². The monoisotopic (exact) mass is 377 g/mol. The molecule has 1 aliphatic rings. The summed E-state index contributed by atoms with van der Waals surface area (Å²) < 4.78 is 25.9. The molecule has 1 saturated heterocycles. The van der Waals surface area contributed by atoms with Crippen LogP contribution in [0, 0.1) is 11.3 Å². The van der Waals surface area contributed by atoms with Gasteiger partial charge in [-0.1, -0.05) is 19.1 Å². The van der Waals surface area contributed by atoms with Crippen molar-refractivity contribution in [2.24, 2.45) is 4.99 Å². The zero-order chi connectivity index (χ0) is 19.0. The average Bonchev–Trinajstić information content (AvgIpc) is 2.65. The van der Waals surface area contributed by atoms with Crippen molar-refractivity contribution in [3.05, 3.63) is 35.4 Å². The minimum Gasteiger partial charge on any atom is -0.354 e. The first kappa shape index (κ1) is 20.2. The first-order chi connectivity index (χ1) is 12.5. The number of rotatable bonds is 6. The summed E-state index contributed by atoms with van der Waals surface area (Å²) in [5, 5.41) is 15.6. The summed E-state index contributed by atoms with van der Waals surface area (Å²) in [6.07, 6.45) is 2.16. The third-order valence-electron chi connectivity index (χ3n) is 4.39. The van der Waals surface area contributed by atoms with Crippen molar-refractivity contribution >= 4 is 16.0 Å². The number of sulfonamides is 1. The fourth-order valence-corrected chi connectivity index (χ4v) is 4.53. The van der Waals surface area contributed by atoms with Crippen LogP contribution in [0.1, 0.15) is 37.3 Å². The van der Waals surface area contributed by atoms with Crippen molar-refractivity contribution in [3.63, 3.8) is 0 Å². The van der Waals surface area contributed by atoms with Gasteiger partial charge >= 0.3 is 0 Å². The van der Waals surface area contributed by atoms with E-state index in [-0.39, 0.29) is 11.8 Å². The zero-order valence-electron chi connectivity index (χ0n) is 15.4. The highest BCUT2D eigenvalue weighted by Gasteiger charge is 2.27. The second kappa shape index (κ2) is 9.55. The van der Waals surface area contributed by atoms with Gasteiger partial charge in [0.1, 0.15) is 0 Å². The van der Waals surface area contributed by atoms with Crippen molar-refractivity contribution in [3.8, 4) is 6.07 Å². The van der Waals surface area contributed by atoms with E-state index in [0.29, 0.717) is 37.6 Å². The Morgan fingerprint density at radius 3 is 2.73 bits per heavy atom. The first-order valence-corrected chi connectivity index (χ1v) is 10.5. The molecule has 0 bridgehead atoms. The van der Waals surface area contributed by atoms with E-state index in [1.165, 1.54) is 0 Å². The molecule has 0 amide bonds. The summed E-state index contributed by atoms with van der Waals surface area (Å²) in [4.78, 5) is 4.23. The van der Waals surface area contributed by atoms with Gasteiger partial charge in [0.05, 0.1) is 17.4 Å². The number of nitrogens with zero attached hydrogens (tertiary/aromatic N) is 3. The quantitative estimate of drug-likeness (QED) is 0.577. The van der Waals surface area contributed by atoms with Crippen LogP contribution < -0.4 is 10.6 Å². The topological polar surface area (TPSA) is 97.6 Å². The van der Waals surface area contributed by atoms with Gasteiger partial charge in [-0.2, -0.15) is 5.26 Å². The van der Waals surface area contributed by atoms with Crippen LogP contribution in [0.5, 0.6) is 0 Å². The van der Waals surface area contributed by atoms with Gasteiger partial charge in [-0.25, -0.2) is 12.7 Å². The van der Waals surface area contributed by atoms with Gasteiger partial charge in [0, 0.05) is 32.7 Å². The van der Waals surface area contributed by atoms with E-state index in [9.17, 15) is 8.42 Å². The summed E-state index contributed by atoms with van der Waals surface area (Å²) in [6.45, 7) is 3.54. The van der Waals surface area contributed by atoms with Crippen molar-refractivity contribution in [2.45, 2.75) is 38.8 Å². The Bertz CT molecular complexity index is 762. The molecule has 142 valence electrons. The number of nitrogens with one attached hydrogen (secondary N) is 2. The van der Waals surface area contributed by atoms with E-state index in [0.717, 1.165) is 18.4 Å². The van der Waals surface area contributed by atoms with Crippen molar-refractivity contribution < 1.29 is 8.42 Å². The molecule has 8 heteroatoms. The number of nitriles is 1. The van der Waals surface area contributed by atoms with E-state index in [1.807, 2.05) is 25.1 Å². The highest BCUT2D eigenvalue weighted by molar-refractivity contribution is 7.89. The summed E-state index contributed by atoms with van der Waals surface area (Å²) in [6, 6.07) is 9.76. The lowest BCUT2D eigenvalue weighted by Gasteiger charge is -2.32. The number of hydrogen-bond donors (Lipinski definition) is 2. The summed E-state index contributed by atoms with van der Waals surface area (Å²) in [5.74, 6) is 0.901. The third-order valence-corrected chi connectivity index (χ3v) is 6.47. The molecule has 0 aliphatic carbocycles. The van der Waals surface area contributed by atoms with Gasteiger partial charge in [0.25, 0.3) is 0 Å². The molecular formula is C18H27N5O2S. The van der Waals surface area contributed by atoms with Gasteiger partial charge in [-0.15, -0.1) is 0 Å². The Labute approximate surface area is 156 Å². The number of benzene rings is 1. The molecule has 2 rings (SSSR count). The molecule has 0 unspecified atom stereocenters.